The van der Waals surface area contributed by atoms with Crippen LogP contribution in [0.15, 0.2) is 36.4 Å². The minimum atomic E-state index is -0.626. The number of nitrogens with zero attached hydrogens (tertiary/aromatic N) is 1. The number of nitrogens with one attached hydrogen (secondary N) is 1. The average molecular weight is 445 g/mol. The molecule has 5 nitrogen and oxygen atoms in total. The second kappa shape index (κ2) is 11.2. The van der Waals surface area contributed by atoms with E-state index in [1.807, 2.05) is 71.0 Å². The van der Waals surface area contributed by atoms with Gasteiger partial charge in [-0.2, -0.15) is 0 Å². The predicted octanol–water partition coefficient (Wildman–Crippen LogP) is 4.98. The Morgan fingerprint density at radius 2 is 1.68 bits per heavy atom. The summed E-state index contributed by atoms with van der Waals surface area (Å²) < 4.78 is 5.78. The number of ether oxygens (including phenoxy) is 1. The third-order valence-corrected chi connectivity index (χ3v) is 6.14. The number of benzene rings is 2. The van der Waals surface area contributed by atoms with Gasteiger partial charge in [0.25, 0.3) is 5.91 Å². The fourth-order valence-electron chi connectivity index (χ4n) is 3.24. The lowest BCUT2D eigenvalue weighted by Crippen LogP contribution is -2.50. The molecule has 2 rings (SSSR count). The van der Waals surface area contributed by atoms with Crippen molar-refractivity contribution >= 4 is 23.4 Å². The molecular formula is C25H33ClN2O3. The predicted molar refractivity (Wildman–Crippen MR) is 126 cm³/mol. The normalized spacial score (nSPS) is 12.7. The highest BCUT2D eigenvalue weighted by Crippen LogP contribution is 2.26. The number of halogens is 1. The van der Waals surface area contributed by atoms with Gasteiger partial charge in [0.1, 0.15) is 11.8 Å². The summed E-state index contributed by atoms with van der Waals surface area (Å²) in [7, 11) is 0. The van der Waals surface area contributed by atoms with Crippen molar-refractivity contribution in [3.8, 4) is 5.75 Å². The number of hydrogen-bond acceptors (Lipinski definition) is 3. The van der Waals surface area contributed by atoms with Crippen molar-refractivity contribution in [3.05, 3.63) is 63.7 Å². The Morgan fingerprint density at radius 1 is 1.06 bits per heavy atom. The van der Waals surface area contributed by atoms with Crippen molar-refractivity contribution in [3.63, 3.8) is 0 Å². The average Bonchev–Trinajstić information content (AvgIpc) is 2.74. The number of carbonyl (C=O) groups is 2. The van der Waals surface area contributed by atoms with E-state index in [0.717, 1.165) is 28.7 Å². The van der Waals surface area contributed by atoms with Crippen LogP contribution in [0.25, 0.3) is 0 Å². The Bertz CT molecular complexity index is 906. The number of carbonyl (C=O) groups excluding carboxylic acids is 2. The molecule has 31 heavy (non-hydrogen) atoms. The second-order valence-corrected chi connectivity index (χ2v) is 8.48. The molecule has 0 aromatic heterocycles. The molecule has 0 heterocycles. The molecule has 2 aromatic carbocycles. The molecule has 0 fully saturated rings. The summed E-state index contributed by atoms with van der Waals surface area (Å²) >= 11 is 6.22. The molecule has 0 spiro atoms. The highest BCUT2D eigenvalue weighted by molar-refractivity contribution is 6.32. The Hall–Kier alpha value is -2.53. The number of amides is 2. The van der Waals surface area contributed by atoms with Crippen LogP contribution in [-0.2, 0) is 16.1 Å². The van der Waals surface area contributed by atoms with Gasteiger partial charge in [-0.1, -0.05) is 42.8 Å². The van der Waals surface area contributed by atoms with Gasteiger partial charge in [-0.25, -0.2) is 0 Å². The first-order valence-electron chi connectivity index (χ1n) is 10.7. The van der Waals surface area contributed by atoms with Crippen LogP contribution in [0.2, 0.25) is 5.02 Å². The second-order valence-electron chi connectivity index (χ2n) is 8.10. The zero-order chi connectivity index (χ0) is 23.1. The Labute approximate surface area is 190 Å². The number of aryl methyl sites for hydroxylation is 3. The molecule has 2 aromatic rings. The van der Waals surface area contributed by atoms with Gasteiger partial charge in [0.05, 0.1) is 0 Å². The van der Waals surface area contributed by atoms with E-state index in [1.54, 1.807) is 11.8 Å². The standard InChI is InChI=1S/C25H33ClN2O3/c1-7-19(5)27-25(30)20(6)28(14-21-11-9-8-10-16(21)2)23(29)15-31-22-12-17(3)24(26)18(4)13-22/h8-13,19-20H,7,14-15H2,1-6H3,(H,27,30). The molecule has 0 aliphatic carbocycles. The summed E-state index contributed by atoms with van der Waals surface area (Å²) in [5.74, 6) is 0.162. The maximum Gasteiger partial charge on any atom is 0.261 e. The van der Waals surface area contributed by atoms with Gasteiger partial charge >= 0.3 is 0 Å². The first-order chi connectivity index (χ1) is 14.6. The minimum Gasteiger partial charge on any atom is -0.484 e. The molecule has 0 aliphatic rings. The highest BCUT2D eigenvalue weighted by Gasteiger charge is 2.27. The fourth-order valence-corrected chi connectivity index (χ4v) is 3.35. The molecule has 0 saturated carbocycles. The van der Waals surface area contributed by atoms with Crippen molar-refractivity contribution in [2.24, 2.45) is 0 Å². The molecular weight excluding hydrogens is 412 g/mol. The van der Waals surface area contributed by atoms with Gasteiger partial charge in [0, 0.05) is 17.6 Å². The Morgan fingerprint density at radius 3 is 2.26 bits per heavy atom. The van der Waals surface area contributed by atoms with Crippen molar-refractivity contribution in [2.45, 2.75) is 66.6 Å². The minimum absolute atomic E-state index is 0.0432. The van der Waals surface area contributed by atoms with Gasteiger partial charge in [-0.3, -0.25) is 9.59 Å². The van der Waals surface area contributed by atoms with E-state index in [2.05, 4.69) is 5.32 Å². The fraction of sp³-hybridized carbons (Fsp3) is 0.440. The SMILES string of the molecule is CCC(C)NC(=O)C(C)N(Cc1ccccc1C)C(=O)COc1cc(C)c(Cl)c(C)c1. The van der Waals surface area contributed by atoms with Gasteiger partial charge in [-0.15, -0.1) is 0 Å². The van der Waals surface area contributed by atoms with E-state index in [-0.39, 0.29) is 24.5 Å². The lowest BCUT2D eigenvalue weighted by Gasteiger charge is -2.30. The first-order valence-corrected chi connectivity index (χ1v) is 11.1. The van der Waals surface area contributed by atoms with E-state index >= 15 is 0 Å². The van der Waals surface area contributed by atoms with Crippen LogP contribution >= 0.6 is 11.6 Å². The quantitative estimate of drug-likeness (QED) is 0.593. The summed E-state index contributed by atoms with van der Waals surface area (Å²) in [6.07, 6.45) is 0.822. The van der Waals surface area contributed by atoms with Crippen LogP contribution in [0.3, 0.4) is 0 Å². The monoisotopic (exact) mass is 444 g/mol. The molecule has 2 amide bonds. The zero-order valence-corrected chi connectivity index (χ0v) is 20.0. The van der Waals surface area contributed by atoms with Gasteiger partial charge in [0.2, 0.25) is 5.91 Å². The largest absolute Gasteiger partial charge is 0.484 e. The van der Waals surface area contributed by atoms with E-state index in [9.17, 15) is 9.59 Å². The summed E-state index contributed by atoms with van der Waals surface area (Å²) in [5, 5.41) is 3.66. The smallest absolute Gasteiger partial charge is 0.261 e. The van der Waals surface area contributed by atoms with E-state index < -0.39 is 6.04 Å². The van der Waals surface area contributed by atoms with Crippen molar-refractivity contribution in [1.29, 1.82) is 0 Å². The van der Waals surface area contributed by atoms with Gasteiger partial charge < -0.3 is 15.0 Å². The van der Waals surface area contributed by atoms with Gasteiger partial charge in [0.15, 0.2) is 6.61 Å². The molecule has 0 aliphatic heterocycles. The maximum absolute atomic E-state index is 13.2. The van der Waals surface area contributed by atoms with Crippen molar-refractivity contribution in [1.82, 2.24) is 10.2 Å². The lowest BCUT2D eigenvalue weighted by molar-refractivity contribution is -0.142. The Kier molecular flexibility index (Phi) is 8.93. The highest BCUT2D eigenvalue weighted by atomic mass is 35.5. The molecule has 6 heteroatoms. The molecule has 2 unspecified atom stereocenters. The number of rotatable bonds is 9. The molecule has 0 radical (unpaired) electrons. The van der Waals surface area contributed by atoms with Crippen molar-refractivity contribution < 1.29 is 14.3 Å². The van der Waals surface area contributed by atoms with E-state index in [1.165, 1.54) is 0 Å². The third-order valence-electron chi connectivity index (χ3n) is 5.54. The van der Waals surface area contributed by atoms with Crippen LogP contribution in [0.1, 0.15) is 49.4 Å². The molecule has 0 saturated heterocycles. The molecule has 168 valence electrons. The summed E-state index contributed by atoms with van der Waals surface area (Å²) in [6, 6.07) is 10.9. The van der Waals surface area contributed by atoms with Gasteiger partial charge in [-0.05, 0) is 75.4 Å². The summed E-state index contributed by atoms with van der Waals surface area (Å²) in [6.45, 7) is 11.7. The van der Waals surface area contributed by atoms with Crippen LogP contribution < -0.4 is 10.1 Å². The zero-order valence-electron chi connectivity index (χ0n) is 19.3. The van der Waals surface area contributed by atoms with Crippen molar-refractivity contribution in [2.75, 3.05) is 6.61 Å². The van der Waals surface area contributed by atoms with E-state index in [4.69, 9.17) is 16.3 Å². The summed E-state index contributed by atoms with van der Waals surface area (Å²) in [5.41, 5.74) is 3.85. The topological polar surface area (TPSA) is 58.6 Å². The van der Waals surface area contributed by atoms with Crippen LogP contribution in [0.4, 0.5) is 0 Å². The lowest BCUT2D eigenvalue weighted by atomic mass is 10.1. The van der Waals surface area contributed by atoms with Crippen LogP contribution in [0, 0.1) is 20.8 Å². The molecule has 2 atom stereocenters. The summed E-state index contributed by atoms with van der Waals surface area (Å²) in [4.78, 5) is 27.5. The van der Waals surface area contributed by atoms with E-state index in [0.29, 0.717) is 17.3 Å². The van der Waals surface area contributed by atoms with Crippen LogP contribution in [0.5, 0.6) is 5.75 Å². The molecule has 0 bridgehead atoms. The third kappa shape index (κ3) is 6.73. The first kappa shape index (κ1) is 24.7. The number of hydrogen-bond donors (Lipinski definition) is 1. The Balaban J connectivity index is 2.21. The molecule has 1 N–H and O–H groups in total. The maximum atomic E-state index is 13.2. The van der Waals surface area contributed by atoms with Crippen LogP contribution in [-0.4, -0.2) is 35.4 Å².